The summed E-state index contributed by atoms with van der Waals surface area (Å²) in [4.78, 5) is 13.1. The quantitative estimate of drug-likeness (QED) is 0.878. The van der Waals surface area contributed by atoms with Gasteiger partial charge in [-0.25, -0.2) is 4.79 Å². The highest BCUT2D eigenvalue weighted by Crippen LogP contribution is 2.33. The molecule has 0 bridgehead atoms. The van der Waals surface area contributed by atoms with E-state index in [2.05, 4.69) is 10.2 Å². The topological polar surface area (TPSA) is 52.6 Å². The lowest BCUT2D eigenvalue weighted by atomic mass is 10.1. The Hall–Kier alpha value is -1.76. The number of carbonyl (C=O) groups is 1. The molecule has 1 heterocycles. The predicted molar refractivity (Wildman–Crippen MR) is 72.6 cm³/mol. The first-order valence-electron chi connectivity index (χ1n) is 6.78. The molecule has 1 aromatic rings. The van der Waals surface area contributed by atoms with Crippen molar-refractivity contribution in [3.05, 3.63) is 29.3 Å². The zero-order valence-electron chi connectivity index (χ0n) is 11.4. The first-order chi connectivity index (χ1) is 9.88. The fourth-order valence-electron chi connectivity index (χ4n) is 2.44. The number of nitrogens with one attached hydrogen (secondary N) is 1. The number of nitrogens with zero attached hydrogens (tertiary/aromatic N) is 1. The molecule has 116 valence electrons. The highest BCUT2D eigenvalue weighted by atomic mass is 19.4. The van der Waals surface area contributed by atoms with Gasteiger partial charge in [-0.3, -0.25) is 0 Å². The van der Waals surface area contributed by atoms with Crippen LogP contribution in [0.4, 0.5) is 18.9 Å². The van der Waals surface area contributed by atoms with Gasteiger partial charge in [0, 0.05) is 18.8 Å². The lowest BCUT2D eigenvalue weighted by Gasteiger charge is -2.16. The number of benzene rings is 1. The summed E-state index contributed by atoms with van der Waals surface area (Å²) in [6.07, 6.45) is -2.36. The first-order valence-corrected chi connectivity index (χ1v) is 6.78. The Morgan fingerprint density at radius 1 is 1.29 bits per heavy atom. The molecule has 0 aromatic heterocycles. The van der Waals surface area contributed by atoms with Gasteiger partial charge in [-0.15, -0.1) is 0 Å². The second-order valence-corrected chi connectivity index (χ2v) is 5.04. The van der Waals surface area contributed by atoms with E-state index in [1.807, 2.05) is 0 Å². The van der Waals surface area contributed by atoms with Gasteiger partial charge in [-0.1, -0.05) is 0 Å². The number of rotatable bonds is 5. The van der Waals surface area contributed by atoms with E-state index in [0.717, 1.165) is 44.6 Å². The smallest absolute Gasteiger partial charge is 0.417 e. The molecule has 4 nitrogen and oxygen atoms in total. The molecular weight excluding hydrogens is 285 g/mol. The summed E-state index contributed by atoms with van der Waals surface area (Å²) in [6.45, 7) is 3.34. The minimum atomic E-state index is -4.68. The van der Waals surface area contributed by atoms with Crippen LogP contribution in [0.1, 0.15) is 28.8 Å². The zero-order chi connectivity index (χ0) is 15.5. The highest BCUT2D eigenvalue weighted by Gasteiger charge is 2.35. The van der Waals surface area contributed by atoms with Crippen molar-refractivity contribution in [3.8, 4) is 0 Å². The minimum Gasteiger partial charge on any atom is -0.478 e. The van der Waals surface area contributed by atoms with Gasteiger partial charge in [-0.2, -0.15) is 13.2 Å². The molecule has 1 saturated heterocycles. The number of alkyl halides is 3. The Morgan fingerprint density at radius 2 is 1.95 bits per heavy atom. The molecule has 0 unspecified atom stereocenters. The van der Waals surface area contributed by atoms with Crippen LogP contribution in [0.15, 0.2) is 18.2 Å². The van der Waals surface area contributed by atoms with Crippen molar-refractivity contribution in [2.75, 3.05) is 31.5 Å². The van der Waals surface area contributed by atoms with Gasteiger partial charge in [-0.05, 0) is 44.1 Å². The molecule has 1 aromatic carbocycles. The monoisotopic (exact) mass is 302 g/mol. The van der Waals surface area contributed by atoms with E-state index in [4.69, 9.17) is 5.11 Å². The van der Waals surface area contributed by atoms with Crippen LogP contribution in [0, 0.1) is 0 Å². The molecule has 21 heavy (non-hydrogen) atoms. The van der Waals surface area contributed by atoms with E-state index in [1.54, 1.807) is 0 Å². The van der Waals surface area contributed by atoms with E-state index in [0.29, 0.717) is 6.54 Å². The van der Waals surface area contributed by atoms with Gasteiger partial charge in [0.05, 0.1) is 11.1 Å². The van der Waals surface area contributed by atoms with Crippen molar-refractivity contribution >= 4 is 11.7 Å². The number of hydrogen-bond acceptors (Lipinski definition) is 3. The molecule has 1 aliphatic heterocycles. The molecule has 0 spiro atoms. The van der Waals surface area contributed by atoms with Crippen molar-refractivity contribution in [3.63, 3.8) is 0 Å². The molecule has 2 rings (SSSR count). The molecule has 0 aliphatic carbocycles. The Kier molecular flexibility index (Phi) is 4.72. The van der Waals surface area contributed by atoms with Gasteiger partial charge in [0.15, 0.2) is 0 Å². The second-order valence-electron chi connectivity index (χ2n) is 5.04. The number of hydrogen-bond donors (Lipinski definition) is 2. The summed E-state index contributed by atoms with van der Waals surface area (Å²) in [5.74, 6) is -1.58. The van der Waals surface area contributed by atoms with Gasteiger partial charge in [0.25, 0.3) is 0 Å². The van der Waals surface area contributed by atoms with Crippen LogP contribution in [0.5, 0.6) is 0 Å². The van der Waals surface area contributed by atoms with E-state index < -0.39 is 23.3 Å². The number of likely N-dealkylation sites (tertiary alicyclic amines) is 1. The van der Waals surface area contributed by atoms with E-state index >= 15 is 0 Å². The van der Waals surface area contributed by atoms with Crippen LogP contribution < -0.4 is 5.32 Å². The Bertz CT molecular complexity index is 511. The van der Waals surface area contributed by atoms with E-state index in [-0.39, 0.29) is 5.69 Å². The molecule has 1 aliphatic rings. The third kappa shape index (κ3) is 4.10. The normalized spacial score (nSPS) is 16.1. The maximum absolute atomic E-state index is 12.9. The third-order valence-electron chi connectivity index (χ3n) is 3.51. The average molecular weight is 302 g/mol. The number of halogens is 3. The number of anilines is 1. The fraction of sp³-hybridized carbons (Fsp3) is 0.500. The maximum Gasteiger partial charge on any atom is 0.417 e. The summed E-state index contributed by atoms with van der Waals surface area (Å²) >= 11 is 0. The summed E-state index contributed by atoms with van der Waals surface area (Å²) in [7, 11) is 0. The molecule has 0 amide bonds. The number of aromatic carboxylic acids is 1. The molecule has 2 N–H and O–H groups in total. The van der Waals surface area contributed by atoms with E-state index in [1.165, 1.54) is 6.07 Å². The minimum absolute atomic E-state index is 0.284. The van der Waals surface area contributed by atoms with Crippen LogP contribution in [0.25, 0.3) is 0 Å². The summed E-state index contributed by atoms with van der Waals surface area (Å²) in [5.41, 5.74) is -1.57. The lowest BCUT2D eigenvalue weighted by Crippen LogP contribution is -2.26. The molecule has 0 saturated carbocycles. The van der Waals surface area contributed by atoms with Crippen molar-refractivity contribution in [2.45, 2.75) is 19.0 Å². The largest absolute Gasteiger partial charge is 0.478 e. The van der Waals surface area contributed by atoms with Crippen LogP contribution >= 0.6 is 0 Å². The standard InChI is InChI=1S/C14H17F3N2O2/c15-14(16,17)12-9-10(3-4-11(12)13(20)21)18-5-8-19-6-1-2-7-19/h3-4,9,18H,1-2,5-8H2,(H,20,21). The van der Waals surface area contributed by atoms with Gasteiger partial charge >= 0.3 is 12.1 Å². The fourth-order valence-corrected chi connectivity index (χ4v) is 2.44. The Balaban J connectivity index is 2.04. The van der Waals surface area contributed by atoms with Gasteiger partial charge in [0.2, 0.25) is 0 Å². The van der Waals surface area contributed by atoms with Crippen molar-refractivity contribution < 1.29 is 23.1 Å². The van der Waals surface area contributed by atoms with Crippen LogP contribution in [0.2, 0.25) is 0 Å². The third-order valence-corrected chi connectivity index (χ3v) is 3.51. The molecule has 1 fully saturated rings. The zero-order valence-corrected chi connectivity index (χ0v) is 11.4. The number of carboxylic acids is 1. The molecule has 0 atom stereocenters. The van der Waals surface area contributed by atoms with Crippen LogP contribution in [-0.2, 0) is 6.18 Å². The van der Waals surface area contributed by atoms with Gasteiger partial charge in [0.1, 0.15) is 0 Å². The van der Waals surface area contributed by atoms with Crippen molar-refractivity contribution in [2.24, 2.45) is 0 Å². The second kappa shape index (κ2) is 6.34. The van der Waals surface area contributed by atoms with Crippen LogP contribution in [0.3, 0.4) is 0 Å². The number of carboxylic acid groups (broad SMARTS) is 1. The molecule has 0 radical (unpaired) electrons. The predicted octanol–water partition coefficient (Wildman–Crippen LogP) is 2.91. The highest BCUT2D eigenvalue weighted by molar-refractivity contribution is 5.90. The SMILES string of the molecule is O=C(O)c1ccc(NCCN2CCCC2)cc1C(F)(F)F. The average Bonchev–Trinajstić information content (AvgIpc) is 2.90. The van der Waals surface area contributed by atoms with Gasteiger partial charge < -0.3 is 15.3 Å². The first kappa shape index (κ1) is 15.6. The Labute approximate surface area is 120 Å². The molecule has 7 heteroatoms. The molecular formula is C14H17F3N2O2. The summed E-state index contributed by atoms with van der Waals surface area (Å²) in [6, 6.07) is 3.21. The van der Waals surface area contributed by atoms with Crippen molar-refractivity contribution in [1.29, 1.82) is 0 Å². The van der Waals surface area contributed by atoms with E-state index in [9.17, 15) is 18.0 Å². The van der Waals surface area contributed by atoms with Crippen molar-refractivity contribution in [1.82, 2.24) is 4.90 Å². The summed E-state index contributed by atoms with van der Waals surface area (Å²) < 4.78 is 38.6. The Morgan fingerprint density at radius 3 is 2.52 bits per heavy atom. The summed E-state index contributed by atoms with van der Waals surface area (Å²) in [5, 5.41) is 11.7. The maximum atomic E-state index is 12.9. The van der Waals surface area contributed by atoms with Crippen LogP contribution in [-0.4, -0.2) is 42.2 Å². The lowest BCUT2D eigenvalue weighted by molar-refractivity contribution is -0.138.